The fourth-order valence-corrected chi connectivity index (χ4v) is 4.30. The van der Waals surface area contributed by atoms with E-state index >= 15 is 0 Å². The highest BCUT2D eigenvalue weighted by Gasteiger charge is 2.60. The summed E-state index contributed by atoms with van der Waals surface area (Å²) in [6.07, 6.45) is 1.42. The Kier molecular flexibility index (Phi) is 3.18. The van der Waals surface area contributed by atoms with Crippen molar-refractivity contribution >= 4 is 21.6 Å². The first-order valence-electron chi connectivity index (χ1n) is 6.81. The van der Waals surface area contributed by atoms with Gasteiger partial charge in [0.15, 0.2) is 9.77 Å². The number of nitrogens with one attached hydrogen (secondary N) is 1. The minimum absolute atomic E-state index is 0.0940. The number of hydrogen-bond acceptors (Lipinski definition) is 6. The molecule has 2 aliphatic carbocycles. The number of aliphatic hydroxyl groups is 1. The molecule has 0 saturated heterocycles. The summed E-state index contributed by atoms with van der Waals surface area (Å²) in [5, 5.41) is 12.2. The Balaban J connectivity index is 1.84. The summed E-state index contributed by atoms with van der Waals surface area (Å²) in [6.45, 7) is 0. The molecular weight excluding hydrogens is 294 g/mol. The lowest BCUT2D eigenvalue weighted by molar-refractivity contribution is -0.118. The quantitative estimate of drug-likeness (QED) is 0.692. The number of anilines is 1. The summed E-state index contributed by atoms with van der Waals surface area (Å²) in [4.78, 5) is 15.5. The third-order valence-corrected chi connectivity index (χ3v) is 6.55. The van der Waals surface area contributed by atoms with E-state index < -0.39 is 20.5 Å². The molecule has 0 aromatic carbocycles. The second kappa shape index (κ2) is 4.67. The van der Waals surface area contributed by atoms with Crippen LogP contribution in [-0.4, -0.2) is 41.3 Å². The molecule has 2 fully saturated rings. The lowest BCUT2D eigenvalue weighted by Crippen LogP contribution is -2.40. The smallest absolute Gasteiger partial charge is 0.239 e. The molecule has 0 spiro atoms. The topological polar surface area (TPSA) is 122 Å². The molecule has 21 heavy (non-hydrogen) atoms. The van der Waals surface area contributed by atoms with Gasteiger partial charge in [0.05, 0.1) is 6.10 Å². The summed E-state index contributed by atoms with van der Waals surface area (Å²) in [6, 6.07) is 4.71. The zero-order valence-electron chi connectivity index (χ0n) is 11.3. The molecule has 4 N–H and O–H groups in total. The molecule has 0 bridgehead atoms. The summed E-state index contributed by atoms with van der Waals surface area (Å²) in [5.74, 6) is -0.391. The molecule has 3 rings (SSSR count). The van der Waals surface area contributed by atoms with Crippen LogP contribution in [0.4, 0.5) is 5.82 Å². The van der Waals surface area contributed by atoms with E-state index in [-0.39, 0.29) is 30.0 Å². The van der Waals surface area contributed by atoms with Crippen LogP contribution in [0, 0.1) is 0 Å². The van der Waals surface area contributed by atoms with Gasteiger partial charge in [0.25, 0.3) is 0 Å². The highest BCUT2D eigenvalue weighted by atomic mass is 32.2. The maximum absolute atomic E-state index is 12.5. The highest BCUT2D eigenvalue weighted by Crippen LogP contribution is 2.46. The van der Waals surface area contributed by atoms with Crippen molar-refractivity contribution in [3.05, 3.63) is 18.2 Å². The lowest BCUT2D eigenvalue weighted by Gasteiger charge is -2.32. The largest absolute Gasteiger partial charge is 0.393 e. The van der Waals surface area contributed by atoms with Crippen molar-refractivity contribution in [3.63, 3.8) is 0 Å². The molecule has 114 valence electrons. The van der Waals surface area contributed by atoms with Crippen LogP contribution in [0.15, 0.2) is 23.2 Å². The van der Waals surface area contributed by atoms with E-state index in [9.17, 15) is 18.3 Å². The summed E-state index contributed by atoms with van der Waals surface area (Å²) in [5.41, 5.74) is 5.23. The molecule has 0 aliphatic heterocycles. The third-order valence-electron chi connectivity index (χ3n) is 4.13. The normalized spacial score (nSPS) is 26.7. The maximum atomic E-state index is 12.5. The van der Waals surface area contributed by atoms with E-state index in [1.165, 1.54) is 6.07 Å². The molecule has 8 heteroatoms. The minimum atomic E-state index is -3.86. The van der Waals surface area contributed by atoms with Crippen LogP contribution in [0.3, 0.4) is 0 Å². The second-order valence-corrected chi connectivity index (χ2v) is 7.90. The standard InChI is InChI=1S/C13H17N3O4S/c14-12(18)13(4-5-13)21(19,20)11-3-1-2-10(16-11)15-8-6-9(17)7-8/h1-3,8-9,17H,4-7H2,(H2,14,18)(H,15,16)/t8-,9+. The van der Waals surface area contributed by atoms with Gasteiger partial charge in [-0.2, -0.15) is 0 Å². The van der Waals surface area contributed by atoms with E-state index in [1.54, 1.807) is 12.1 Å². The number of carbonyl (C=O) groups excluding carboxylic acids is 1. The van der Waals surface area contributed by atoms with Gasteiger partial charge in [-0.25, -0.2) is 13.4 Å². The van der Waals surface area contributed by atoms with Crippen molar-refractivity contribution in [1.29, 1.82) is 0 Å². The van der Waals surface area contributed by atoms with Gasteiger partial charge in [-0.1, -0.05) is 6.07 Å². The highest BCUT2D eigenvalue weighted by molar-refractivity contribution is 7.93. The number of rotatable bonds is 5. The van der Waals surface area contributed by atoms with Gasteiger partial charge in [-0.05, 0) is 37.8 Å². The van der Waals surface area contributed by atoms with Gasteiger partial charge < -0.3 is 16.2 Å². The SMILES string of the molecule is NC(=O)C1(S(=O)(=O)c2cccc(N[C@H]3C[C@@H](O)C3)n2)CC1. The zero-order valence-corrected chi connectivity index (χ0v) is 12.1. The Morgan fingerprint density at radius 1 is 1.38 bits per heavy atom. The summed E-state index contributed by atoms with van der Waals surface area (Å²) >= 11 is 0. The first-order chi connectivity index (χ1) is 9.85. The molecule has 0 radical (unpaired) electrons. The molecular formula is C13H17N3O4S. The van der Waals surface area contributed by atoms with Crippen LogP contribution in [0.5, 0.6) is 0 Å². The van der Waals surface area contributed by atoms with Crippen LogP contribution in [0.2, 0.25) is 0 Å². The number of nitrogens with two attached hydrogens (primary N) is 1. The van der Waals surface area contributed by atoms with Crippen LogP contribution in [-0.2, 0) is 14.6 Å². The van der Waals surface area contributed by atoms with Crippen molar-refractivity contribution in [2.75, 3.05) is 5.32 Å². The molecule has 1 heterocycles. The van der Waals surface area contributed by atoms with Gasteiger partial charge in [-0.15, -0.1) is 0 Å². The predicted molar refractivity (Wildman–Crippen MR) is 75.2 cm³/mol. The Labute approximate surface area is 122 Å². The van der Waals surface area contributed by atoms with Gasteiger partial charge in [-0.3, -0.25) is 4.79 Å². The van der Waals surface area contributed by atoms with Crippen molar-refractivity contribution in [1.82, 2.24) is 4.98 Å². The van der Waals surface area contributed by atoms with E-state index in [0.717, 1.165) is 0 Å². The van der Waals surface area contributed by atoms with Crippen LogP contribution in [0.25, 0.3) is 0 Å². The van der Waals surface area contributed by atoms with Crippen molar-refractivity contribution in [3.8, 4) is 0 Å². The first kappa shape index (κ1) is 14.3. The Bertz CT molecular complexity index is 678. The Hall–Kier alpha value is -1.67. The van der Waals surface area contributed by atoms with Crippen molar-refractivity contribution < 1.29 is 18.3 Å². The zero-order chi connectivity index (χ0) is 15.3. The molecule has 1 amide bonds. The number of carbonyl (C=O) groups is 1. The average molecular weight is 311 g/mol. The monoisotopic (exact) mass is 311 g/mol. The van der Waals surface area contributed by atoms with E-state index in [0.29, 0.717) is 18.7 Å². The van der Waals surface area contributed by atoms with Gasteiger partial charge in [0, 0.05) is 6.04 Å². The van der Waals surface area contributed by atoms with Gasteiger partial charge in [0.1, 0.15) is 5.82 Å². The van der Waals surface area contributed by atoms with Crippen LogP contribution >= 0.6 is 0 Å². The minimum Gasteiger partial charge on any atom is -0.393 e. The molecule has 2 aliphatic rings. The Morgan fingerprint density at radius 2 is 2.05 bits per heavy atom. The van der Waals surface area contributed by atoms with Gasteiger partial charge >= 0.3 is 0 Å². The van der Waals surface area contributed by atoms with E-state index in [4.69, 9.17) is 5.73 Å². The van der Waals surface area contributed by atoms with Crippen molar-refractivity contribution in [2.45, 2.75) is 47.6 Å². The van der Waals surface area contributed by atoms with Gasteiger partial charge in [0.2, 0.25) is 15.7 Å². The number of nitrogens with zero attached hydrogens (tertiary/aromatic N) is 1. The Morgan fingerprint density at radius 3 is 2.57 bits per heavy atom. The molecule has 2 saturated carbocycles. The molecule has 7 nitrogen and oxygen atoms in total. The number of hydrogen-bond donors (Lipinski definition) is 3. The number of pyridine rings is 1. The number of primary amides is 1. The first-order valence-corrected chi connectivity index (χ1v) is 8.30. The number of aliphatic hydroxyl groups excluding tert-OH is 1. The van der Waals surface area contributed by atoms with E-state index in [1.807, 2.05) is 0 Å². The lowest BCUT2D eigenvalue weighted by atomic mass is 9.89. The number of amides is 1. The predicted octanol–water partition coefficient (Wildman–Crippen LogP) is -0.192. The summed E-state index contributed by atoms with van der Waals surface area (Å²) < 4.78 is 23.5. The fourth-order valence-electron chi connectivity index (χ4n) is 2.52. The van der Waals surface area contributed by atoms with E-state index in [2.05, 4.69) is 10.3 Å². The average Bonchev–Trinajstić information content (AvgIpc) is 3.19. The molecule has 0 unspecified atom stereocenters. The molecule has 0 atom stereocenters. The van der Waals surface area contributed by atoms with Crippen molar-refractivity contribution in [2.24, 2.45) is 5.73 Å². The maximum Gasteiger partial charge on any atom is 0.239 e. The fraction of sp³-hybridized carbons (Fsp3) is 0.538. The third kappa shape index (κ3) is 2.28. The number of sulfone groups is 1. The molecule has 1 aromatic rings. The van der Waals surface area contributed by atoms with Crippen LogP contribution in [0.1, 0.15) is 25.7 Å². The summed E-state index contributed by atoms with van der Waals surface area (Å²) in [7, 11) is -3.86. The van der Waals surface area contributed by atoms with Crippen LogP contribution < -0.4 is 11.1 Å². The second-order valence-electron chi connectivity index (χ2n) is 5.69. The number of aromatic nitrogens is 1. The molecule has 1 aromatic heterocycles.